The fraction of sp³-hybridized carbons (Fsp3) is 0.364. The number of carbonyl (C=O) groups is 1. The molecule has 0 spiro atoms. The Morgan fingerprint density at radius 1 is 1.56 bits per heavy atom. The van der Waals surface area contributed by atoms with E-state index in [-0.39, 0.29) is 24.3 Å². The SMILES string of the molecule is CCOC(=O)C(C)c1ccc(N)c(Cl)c1.Cl. The third kappa shape index (κ3) is 3.58. The first-order valence-electron chi connectivity index (χ1n) is 4.77. The van der Waals surface area contributed by atoms with Gasteiger partial charge in [-0.25, -0.2) is 0 Å². The Bertz CT molecular complexity index is 369. The first-order valence-corrected chi connectivity index (χ1v) is 5.15. The third-order valence-electron chi connectivity index (χ3n) is 2.16. The number of esters is 1. The molecule has 0 fully saturated rings. The molecular weight excluding hydrogens is 249 g/mol. The van der Waals surface area contributed by atoms with E-state index in [0.717, 1.165) is 5.56 Å². The molecule has 1 unspecified atom stereocenters. The van der Waals surface area contributed by atoms with Crippen LogP contribution in [0.1, 0.15) is 25.3 Å². The van der Waals surface area contributed by atoms with Crippen LogP contribution in [0.5, 0.6) is 0 Å². The molecule has 0 aromatic heterocycles. The Hall–Kier alpha value is -0.930. The molecule has 2 N–H and O–H groups in total. The highest BCUT2D eigenvalue weighted by atomic mass is 35.5. The number of hydrogen-bond acceptors (Lipinski definition) is 3. The van der Waals surface area contributed by atoms with Gasteiger partial charge in [-0.15, -0.1) is 12.4 Å². The monoisotopic (exact) mass is 263 g/mol. The molecule has 0 aliphatic carbocycles. The summed E-state index contributed by atoms with van der Waals surface area (Å²) in [4.78, 5) is 11.4. The van der Waals surface area contributed by atoms with Crippen LogP contribution in [-0.2, 0) is 9.53 Å². The van der Waals surface area contributed by atoms with Crippen LogP contribution in [-0.4, -0.2) is 12.6 Å². The quantitative estimate of drug-likeness (QED) is 0.674. The number of halogens is 2. The molecule has 0 bridgehead atoms. The van der Waals surface area contributed by atoms with E-state index in [4.69, 9.17) is 22.1 Å². The number of anilines is 1. The summed E-state index contributed by atoms with van der Waals surface area (Å²) in [6.07, 6.45) is 0. The van der Waals surface area contributed by atoms with Gasteiger partial charge in [0, 0.05) is 0 Å². The van der Waals surface area contributed by atoms with Crippen LogP contribution in [0.4, 0.5) is 5.69 Å². The number of carbonyl (C=O) groups excluding carboxylic acids is 1. The minimum Gasteiger partial charge on any atom is -0.466 e. The van der Waals surface area contributed by atoms with Crippen LogP contribution in [0, 0.1) is 0 Å². The summed E-state index contributed by atoms with van der Waals surface area (Å²) in [6.45, 7) is 3.94. The van der Waals surface area contributed by atoms with Gasteiger partial charge in [0.05, 0.1) is 23.2 Å². The summed E-state index contributed by atoms with van der Waals surface area (Å²) in [7, 11) is 0. The van der Waals surface area contributed by atoms with E-state index in [1.165, 1.54) is 0 Å². The highest BCUT2D eigenvalue weighted by Crippen LogP contribution is 2.25. The van der Waals surface area contributed by atoms with Gasteiger partial charge in [0.1, 0.15) is 0 Å². The van der Waals surface area contributed by atoms with E-state index >= 15 is 0 Å². The molecule has 0 saturated heterocycles. The largest absolute Gasteiger partial charge is 0.466 e. The lowest BCUT2D eigenvalue weighted by Crippen LogP contribution is -2.13. The van der Waals surface area contributed by atoms with Crippen molar-refractivity contribution in [1.82, 2.24) is 0 Å². The van der Waals surface area contributed by atoms with E-state index in [0.29, 0.717) is 17.3 Å². The van der Waals surface area contributed by atoms with Crippen molar-refractivity contribution in [2.45, 2.75) is 19.8 Å². The van der Waals surface area contributed by atoms with Gasteiger partial charge in [0.25, 0.3) is 0 Å². The number of nitrogen functional groups attached to an aromatic ring is 1. The smallest absolute Gasteiger partial charge is 0.313 e. The van der Waals surface area contributed by atoms with E-state index in [1.54, 1.807) is 32.0 Å². The van der Waals surface area contributed by atoms with Crippen LogP contribution in [0.3, 0.4) is 0 Å². The topological polar surface area (TPSA) is 52.3 Å². The standard InChI is InChI=1S/C11H14ClNO2.ClH/c1-3-15-11(14)7(2)8-4-5-10(13)9(12)6-8;/h4-7H,3,13H2,1-2H3;1H. The molecule has 0 saturated carbocycles. The van der Waals surface area contributed by atoms with Gasteiger partial charge in [0.15, 0.2) is 0 Å². The highest BCUT2D eigenvalue weighted by Gasteiger charge is 2.16. The molecule has 0 amide bonds. The Balaban J connectivity index is 0.00000225. The average Bonchev–Trinajstić information content (AvgIpc) is 2.21. The second-order valence-electron chi connectivity index (χ2n) is 3.25. The Morgan fingerprint density at radius 3 is 2.69 bits per heavy atom. The lowest BCUT2D eigenvalue weighted by atomic mass is 10.0. The summed E-state index contributed by atoms with van der Waals surface area (Å²) in [6, 6.07) is 5.16. The van der Waals surface area contributed by atoms with Crippen LogP contribution in [0.2, 0.25) is 5.02 Å². The van der Waals surface area contributed by atoms with Crippen molar-refractivity contribution in [2.24, 2.45) is 0 Å². The Kier molecular flexibility index (Phi) is 6.22. The fourth-order valence-corrected chi connectivity index (χ4v) is 1.41. The predicted octanol–water partition coefficient (Wildman–Crippen LogP) is 3.01. The summed E-state index contributed by atoms with van der Waals surface area (Å²) >= 11 is 5.86. The molecule has 16 heavy (non-hydrogen) atoms. The lowest BCUT2D eigenvalue weighted by Gasteiger charge is -2.11. The minimum atomic E-state index is -0.317. The molecule has 0 heterocycles. The van der Waals surface area contributed by atoms with Gasteiger partial charge in [0.2, 0.25) is 0 Å². The van der Waals surface area contributed by atoms with Crippen molar-refractivity contribution >= 4 is 35.7 Å². The molecular formula is C11H15Cl2NO2. The summed E-state index contributed by atoms with van der Waals surface area (Å²) in [5.74, 6) is -0.568. The van der Waals surface area contributed by atoms with Gasteiger partial charge in [-0.2, -0.15) is 0 Å². The van der Waals surface area contributed by atoms with Crippen molar-refractivity contribution in [2.75, 3.05) is 12.3 Å². The predicted molar refractivity (Wildman–Crippen MR) is 68.2 cm³/mol. The van der Waals surface area contributed by atoms with Crippen molar-refractivity contribution < 1.29 is 9.53 Å². The van der Waals surface area contributed by atoms with Crippen LogP contribution in [0.25, 0.3) is 0 Å². The van der Waals surface area contributed by atoms with Crippen LogP contribution in [0.15, 0.2) is 18.2 Å². The zero-order chi connectivity index (χ0) is 11.4. The van der Waals surface area contributed by atoms with Crippen molar-refractivity contribution in [3.05, 3.63) is 28.8 Å². The second kappa shape index (κ2) is 6.61. The summed E-state index contributed by atoms with van der Waals surface area (Å²) in [5, 5.41) is 0.462. The minimum absolute atomic E-state index is 0. The molecule has 1 aromatic carbocycles. The number of rotatable bonds is 3. The van der Waals surface area contributed by atoms with Crippen LogP contribution >= 0.6 is 24.0 Å². The zero-order valence-electron chi connectivity index (χ0n) is 9.20. The molecule has 3 nitrogen and oxygen atoms in total. The maximum Gasteiger partial charge on any atom is 0.313 e. The molecule has 5 heteroatoms. The van der Waals surface area contributed by atoms with Crippen molar-refractivity contribution in [1.29, 1.82) is 0 Å². The molecule has 90 valence electrons. The maximum absolute atomic E-state index is 11.4. The molecule has 1 rings (SSSR count). The molecule has 1 aromatic rings. The fourth-order valence-electron chi connectivity index (χ4n) is 1.22. The number of benzene rings is 1. The van der Waals surface area contributed by atoms with Crippen molar-refractivity contribution in [3.8, 4) is 0 Å². The molecule has 1 atom stereocenters. The maximum atomic E-state index is 11.4. The first-order chi connectivity index (χ1) is 7.06. The number of nitrogens with two attached hydrogens (primary N) is 1. The Labute approximate surface area is 106 Å². The van der Waals surface area contributed by atoms with Gasteiger partial charge in [-0.05, 0) is 31.5 Å². The first kappa shape index (κ1) is 15.1. The van der Waals surface area contributed by atoms with Gasteiger partial charge in [-0.3, -0.25) is 4.79 Å². The van der Waals surface area contributed by atoms with E-state index in [1.807, 2.05) is 0 Å². The van der Waals surface area contributed by atoms with Gasteiger partial charge < -0.3 is 10.5 Å². The van der Waals surface area contributed by atoms with E-state index < -0.39 is 0 Å². The third-order valence-corrected chi connectivity index (χ3v) is 2.49. The van der Waals surface area contributed by atoms with E-state index in [9.17, 15) is 4.79 Å². The van der Waals surface area contributed by atoms with Gasteiger partial charge in [-0.1, -0.05) is 17.7 Å². The van der Waals surface area contributed by atoms with Gasteiger partial charge >= 0.3 is 5.97 Å². The normalized spacial score (nSPS) is 11.4. The second-order valence-corrected chi connectivity index (χ2v) is 3.66. The molecule has 0 aliphatic rings. The van der Waals surface area contributed by atoms with Crippen LogP contribution < -0.4 is 5.73 Å². The summed E-state index contributed by atoms with van der Waals surface area (Å²) in [5.41, 5.74) is 6.90. The molecule has 0 radical (unpaired) electrons. The van der Waals surface area contributed by atoms with Crippen molar-refractivity contribution in [3.63, 3.8) is 0 Å². The number of hydrogen-bond donors (Lipinski definition) is 1. The zero-order valence-corrected chi connectivity index (χ0v) is 10.8. The Morgan fingerprint density at radius 2 is 2.19 bits per heavy atom. The molecule has 0 aliphatic heterocycles. The average molecular weight is 264 g/mol. The highest BCUT2D eigenvalue weighted by molar-refractivity contribution is 6.33. The lowest BCUT2D eigenvalue weighted by molar-refractivity contribution is -0.144. The number of ether oxygens (including phenoxy) is 1. The summed E-state index contributed by atoms with van der Waals surface area (Å²) < 4.78 is 4.91. The van der Waals surface area contributed by atoms with E-state index in [2.05, 4.69) is 0 Å².